The molecule has 1 saturated carbocycles. The van der Waals surface area contributed by atoms with Crippen molar-refractivity contribution in [2.45, 2.75) is 38.3 Å². The lowest BCUT2D eigenvalue weighted by molar-refractivity contribution is 0.201. The second kappa shape index (κ2) is 6.62. The van der Waals surface area contributed by atoms with E-state index in [2.05, 4.69) is 54.3 Å². The van der Waals surface area contributed by atoms with Crippen LogP contribution >= 0.6 is 0 Å². The largest absolute Gasteiger partial charge is 0.294 e. The quantitative estimate of drug-likeness (QED) is 0.774. The van der Waals surface area contributed by atoms with Crippen LogP contribution < -0.4 is 0 Å². The standard InChI is InChI=1S/C19H25NO2S/c1-15(17-9-8-16-6-3-4-7-18(16)14-17)20(19-10-11-19)12-5-13-23(2,21)22/h3-4,6-9,14-15,19H,5,10-13H2,1-2H3. The lowest BCUT2D eigenvalue weighted by Crippen LogP contribution is -2.31. The average Bonchev–Trinajstić information content (AvgIpc) is 3.34. The molecular formula is C19H25NO2S. The summed E-state index contributed by atoms with van der Waals surface area (Å²) in [5, 5.41) is 2.53. The van der Waals surface area contributed by atoms with E-state index in [4.69, 9.17) is 0 Å². The molecule has 1 atom stereocenters. The van der Waals surface area contributed by atoms with Crippen molar-refractivity contribution in [3.05, 3.63) is 48.0 Å². The molecule has 1 unspecified atom stereocenters. The SMILES string of the molecule is CC(c1ccc2ccccc2c1)N(CCCS(C)(=O)=O)C1CC1. The van der Waals surface area contributed by atoms with Gasteiger partial charge in [0.05, 0.1) is 5.75 Å². The number of hydrogen-bond acceptors (Lipinski definition) is 3. The van der Waals surface area contributed by atoms with Gasteiger partial charge in [0.2, 0.25) is 0 Å². The van der Waals surface area contributed by atoms with E-state index in [1.54, 1.807) is 0 Å². The van der Waals surface area contributed by atoms with Gasteiger partial charge in [0, 0.05) is 18.3 Å². The van der Waals surface area contributed by atoms with Crippen molar-refractivity contribution in [2.75, 3.05) is 18.6 Å². The van der Waals surface area contributed by atoms with Gasteiger partial charge in [-0.3, -0.25) is 4.90 Å². The van der Waals surface area contributed by atoms with E-state index < -0.39 is 9.84 Å². The molecule has 0 spiro atoms. The fourth-order valence-corrected chi connectivity index (χ4v) is 3.92. The maximum absolute atomic E-state index is 11.4. The first-order valence-corrected chi connectivity index (χ1v) is 10.4. The number of benzene rings is 2. The Morgan fingerprint density at radius 2 is 1.83 bits per heavy atom. The van der Waals surface area contributed by atoms with E-state index >= 15 is 0 Å². The van der Waals surface area contributed by atoms with Crippen molar-refractivity contribution in [1.29, 1.82) is 0 Å². The molecule has 124 valence electrons. The van der Waals surface area contributed by atoms with Crippen LogP contribution in [0.4, 0.5) is 0 Å². The van der Waals surface area contributed by atoms with Crippen molar-refractivity contribution < 1.29 is 8.42 Å². The summed E-state index contributed by atoms with van der Waals surface area (Å²) in [5.74, 6) is 0.278. The molecule has 0 radical (unpaired) electrons. The number of fused-ring (bicyclic) bond motifs is 1. The Morgan fingerprint density at radius 3 is 2.48 bits per heavy atom. The molecule has 0 heterocycles. The zero-order chi connectivity index (χ0) is 16.4. The van der Waals surface area contributed by atoms with Crippen LogP contribution in [0.2, 0.25) is 0 Å². The van der Waals surface area contributed by atoms with Crippen LogP contribution in [-0.4, -0.2) is 37.9 Å². The summed E-state index contributed by atoms with van der Waals surface area (Å²) in [4.78, 5) is 2.48. The predicted molar refractivity (Wildman–Crippen MR) is 96.4 cm³/mol. The van der Waals surface area contributed by atoms with Gasteiger partial charge in [-0.2, -0.15) is 0 Å². The molecule has 3 rings (SSSR count). The van der Waals surface area contributed by atoms with Crippen LogP contribution in [0.25, 0.3) is 10.8 Å². The third-order valence-electron chi connectivity index (χ3n) is 4.70. The highest BCUT2D eigenvalue weighted by Gasteiger charge is 2.32. The van der Waals surface area contributed by atoms with Gasteiger partial charge in [0.1, 0.15) is 9.84 Å². The molecular weight excluding hydrogens is 306 g/mol. The second-order valence-corrected chi connectivity index (χ2v) is 8.99. The molecule has 1 fully saturated rings. The molecule has 1 aliphatic rings. The minimum Gasteiger partial charge on any atom is -0.294 e. The average molecular weight is 331 g/mol. The highest BCUT2D eigenvalue weighted by atomic mass is 32.2. The Balaban J connectivity index is 1.75. The Labute approximate surface area is 139 Å². The van der Waals surface area contributed by atoms with Crippen molar-refractivity contribution in [2.24, 2.45) is 0 Å². The zero-order valence-electron chi connectivity index (χ0n) is 13.9. The predicted octanol–water partition coefficient (Wildman–Crippen LogP) is 3.80. The molecule has 1 aliphatic carbocycles. The van der Waals surface area contributed by atoms with Crippen molar-refractivity contribution in [1.82, 2.24) is 4.90 Å². The van der Waals surface area contributed by atoms with Gasteiger partial charge in [-0.1, -0.05) is 36.4 Å². The zero-order valence-corrected chi connectivity index (χ0v) is 14.7. The molecule has 2 aromatic carbocycles. The summed E-state index contributed by atoms with van der Waals surface area (Å²) in [5.41, 5.74) is 1.31. The molecule has 0 saturated heterocycles. The fourth-order valence-electron chi connectivity index (χ4n) is 3.27. The van der Waals surface area contributed by atoms with Crippen LogP contribution in [0.5, 0.6) is 0 Å². The minimum absolute atomic E-state index is 0.278. The lowest BCUT2D eigenvalue weighted by atomic mass is 10.0. The summed E-state index contributed by atoms with van der Waals surface area (Å²) < 4.78 is 22.7. The van der Waals surface area contributed by atoms with Crippen molar-refractivity contribution in [3.63, 3.8) is 0 Å². The number of rotatable bonds is 7. The fraction of sp³-hybridized carbons (Fsp3) is 0.474. The summed E-state index contributed by atoms with van der Waals surface area (Å²) in [6.07, 6.45) is 4.50. The van der Waals surface area contributed by atoms with E-state index in [1.165, 1.54) is 35.4 Å². The Kier molecular flexibility index (Phi) is 4.74. The van der Waals surface area contributed by atoms with Crippen LogP contribution in [0.1, 0.15) is 37.8 Å². The van der Waals surface area contributed by atoms with Gasteiger partial charge in [0.15, 0.2) is 0 Å². The normalized spacial score (nSPS) is 16.8. The third-order valence-corrected chi connectivity index (χ3v) is 5.73. The van der Waals surface area contributed by atoms with Crippen LogP contribution in [0.3, 0.4) is 0 Å². The Morgan fingerprint density at radius 1 is 1.13 bits per heavy atom. The van der Waals surface area contributed by atoms with Gasteiger partial charge in [-0.25, -0.2) is 8.42 Å². The number of sulfone groups is 1. The molecule has 0 aromatic heterocycles. The van der Waals surface area contributed by atoms with Crippen LogP contribution in [0.15, 0.2) is 42.5 Å². The molecule has 0 N–H and O–H groups in total. The van der Waals surface area contributed by atoms with Gasteiger partial charge in [-0.15, -0.1) is 0 Å². The Hall–Kier alpha value is -1.39. The topological polar surface area (TPSA) is 37.4 Å². The summed E-state index contributed by atoms with van der Waals surface area (Å²) in [6.45, 7) is 3.09. The highest BCUT2D eigenvalue weighted by Crippen LogP contribution is 2.35. The number of nitrogens with zero attached hydrogens (tertiary/aromatic N) is 1. The van der Waals surface area contributed by atoms with E-state index in [1.807, 2.05) is 0 Å². The van der Waals surface area contributed by atoms with Gasteiger partial charge in [-0.05, 0) is 55.1 Å². The van der Waals surface area contributed by atoms with Crippen molar-refractivity contribution >= 4 is 20.6 Å². The Bertz CT molecular complexity index is 781. The van der Waals surface area contributed by atoms with Gasteiger partial charge in [0.25, 0.3) is 0 Å². The molecule has 0 amide bonds. The summed E-state index contributed by atoms with van der Waals surface area (Å²) in [6, 6.07) is 16.0. The smallest absolute Gasteiger partial charge is 0.147 e. The molecule has 0 aliphatic heterocycles. The van der Waals surface area contributed by atoms with Gasteiger partial charge < -0.3 is 0 Å². The maximum atomic E-state index is 11.4. The first-order valence-electron chi connectivity index (χ1n) is 8.36. The van der Waals surface area contributed by atoms with Gasteiger partial charge >= 0.3 is 0 Å². The molecule has 4 heteroatoms. The minimum atomic E-state index is -2.87. The molecule has 2 aromatic rings. The van der Waals surface area contributed by atoms with Crippen LogP contribution in [-0.2, 0) is 9.84 Å². The summed E-state index contributed by atoms with van der Waals surface area (Å²) in [7, 11) is -2.87. The maximum Gasteiger partial charge on any atom is 0.147 e. The monoisotopic (exact) mass is 331 g/mol. The second-order valence-electron chi connectivity index (χ2n) is 6.73. The van der Waals surface area contributed by atoms with Crippen LogP contribution in [0, 0.1) is 0 Å². The van der Waals surface area contributed by atoms with Crippen molar-refractivity contribution in [3.8, 4) is 0 Å². The van der Waals surface area contributed by atoms with E-state index in [0.29, 0.717) is 18.5 Å². The lowest BCUT2D eigenvalue weighted by Gasteiger charge is -2.29. The molecule has 3 nitrogen and oxygen atoms in total. The third kappa shape index (κ3) is 4.33. The first-order chi connectivity index (χ1) is 10.9. The van der Waals surface area contributed by atoms with E-state index in [-0.39, 0.29) is 5.75 Å². The molecule has 23 heavy (non-hydrogen) atoms. The summed E-state index contributed by atoms with van der Waals surface area (Å²) >= 11 is 0. The van der Waals surface area contributed by atoms with E-state index in [0.717, 1.165) is 6.54 Å². The number of hydrogen-bond donors (Lipinski definition) is 0. The highest BCUT2D eigenvalue weighted by molar-refractivity contribution is 7.90. The molecule has 0 bridgehead atoms. The van der Waals surface area contributed by atoms with E-state index in [9.17, 15) is 8.42 Å². The first kappa shape index (κ1) is 16.5.